The molecule has 0 aliphatic heterocycles. The molecule has 0 fully saturated rings. The van der Waals surface area contributed by atoms with E-state index in [1.165, 1.54) is 0 Å². The van der Waals surface area contributed by atoms with Crippen LogP contribution in [-0.4, -0.2) is 58.0 Å². The molecule has 0 radical (unpaired) electrons. The molecule has 0 saturated carbocycles. The van der Waals surface area contributed by atoms with Gasteiger partial charge in [-0.3, -0.25) is 0 Å². The first-order valence-electron chi connectivity index (χ1n) is 12.8. The fraction of sp³-hybridized carbons (Fsp3) is 0.483. The van der Waals surface area contributed by atoms with Crippen molar-refractivity contribution in [2.45, 2.75) is 45.6 Å². The normalized spacial score (nSPS) is 12.0. The van der Waals surface area contributed by atoms with Gasteiger partial charge in [0.1, 0.15) is 5.75 Å². The molecule has 0 aliphatic rings. The zero-order valence-electron chi connectivity index (χ0n) is 22.1. The quantitative estimate of drug-likeness (QED) is 0.138. The number of rotatable bonds is 20. The maximum absolute atomic E-state index is 10.8. The molecule has 37 heavy (non-hydrogen) atoms. The Morgan fingerprint density at radius 1 is 0.946 bits per heavy atom. The molecule has 2 rings (SSSR count). The third-order valence-corrected chi connectivity index (χ3v) is 5.39. The summed E-state index contributed by atoms with van der Waals surface area (Å²) in [7, 11) is 1.63. The van der Waals surface area contributed by atoms with E-state index in [1.54, 1.807) is 13.2 Å². The van der Waals surface area contributed by atoms with E-state index in [2.05, 4.69) is 6.92 Å². The van der Waals surface area contributed by atoms with Crippen LogP contribution in [0.1, 0.15) is 50.3 Å². The molecule has 1 atom stereocenters. The first kappa shape index (κ1) is 30.2. The van der Waals surface area contributed by atoms with Crippen LogP contribution in [0, 0.1) is 0 Å². The molecule has 1 N–H and O–H groups in total. The zero-order chi connectivity index (χ0) is 26.7. The van der Waals surface area contributed by atoms with Gasteiger partial charge < -0.3 is 33.5 Å². The van der Waals surface area contributed by atoms with Crippen LogP contribution in [0.3, 0.4) is 0 Å². The predicted octanol–water partition coefficient (Wildman–Crippen LogP) is 5.59. The van der Waals surface area contributed by atoms with Crippen molar-refractivity contribution in [2.75, 3.05) is 46.9 Å². The second-order valence-corrected chi connectivity index (χ2v) is 8.23. The van der Waals surface area contributed by atoms with E-state index in [0.717, 1.165) is 42.2 Å². The summed E-state index contributed by atoms with van der Waals surface area (Å²) >= 11 is 0. The summed E-state index contributed by atoms with van der Waals surface area (Å²) in [6.07, 6.45) is 5.61. The lowest BCUT2D eigenvalue weighted by atomic mass is 10.1. The maximum Gasteiger partial charge on any atom is 0.327 e. The number of unbranched alkanes of at least 4 members (excludes halogenated alkanes) is 1. The van der Waals surface area contributed by atoms with Gasteiger partial charge in [-0.05, 0) is 55.2 Å². The predicted molar refractivity (Wildman–Crippen MR) is 142 cm³/mol. The van der Waals surface area contributed by atoms with Crippen LogP contribution in [-0.2, 0) is 25.4 Å². The summed E-state index contributed by atoms with van der Waals surface area (Å²) in [5, 5.41) is 8.89. The van der Waals surface area contributed by atoms with Crippen LogP contribution < -0.4 is 14.2 Å². The molecule has 0 aliphatic carbocycles. The number of hydrogen-bond donors (Lipinski definition) is 1. The molecule has 0 spiro atoms. The van der Waals surface area contributed by atoms with E-state index >= 15 is 0 Å². The van der Waals surface area contributed by atoms with Crippen molar-refractivity contribution in [3.63, 3.8) is 0 Å². The van der Waals surface area contributed by atoms with Crippen LogP contribution >= 0.6 is 0 Å². The second kappa shape index (κ2) is 18.2. The molecular formula is C29H40O8. The number of carboxylic acid groups (broad SMARTS) is 1. The molecule has 1 unspecified atom stereocenters. The molecule has 0 saturated heterocycles. The highest BCUT2D eigenvalue weighted by Crippen LogP contribution is 2.33. The third kappa shape index (κ3) is 12.1. The zero-order valence-corrected chi connectivity index (χ0v) is 22.1. The Hall–Kier alpha value is -3.07. The average Bonchev–Trinajstić information content (AvgIpc) is 2.89. The van der Waals surface area contributed by atoms with Crippen LogP contribution in [0.5, 0.6) is 17.2 Å². The molecule has 0 aromatic heterocycles. The van der Waals surface area contributed by atoms with Gasteiger partial charge in [-0.2, -0.15) is 0 Å². The van der Waals surface area contributed by atoms with Gasteiger partial charge in [-0.25, -0.2) is 4.79 Å². The SMILES string of the molecule is CCCCOc1cc(C(CC=CC(=O)O)OCC)ccc1OCCc1ccc(OCOCCOC)cc1. The Kier molecular flexibility index (Phi) is 14.8. The number of carboxylic acids is 1. The Balaban J connectivity index is 1.98. The van der Waals surface area contributed by atoms with Crippen molar-refractivity contribution in [1.29, 1.82) is 0 Å². The lowest BCUT2D eigenvalue weighted by Crippen LogP contribution is -2.08. The van der Waals surface area contributed by atoms with Gasteiger partial charge in [0.15, 0.2) is 18.3 Å². The van der Waals surface area contributed by atoms with Crippen LogP contribution in [0.15, 0.2) is 54.6 Å². The minimum Gasteiger partial charge on any atom is -0.490 e. The molecular weight excluding hydrogens is 476 g/mol. The Morgan fingerprint density at radius 3 is 2.43 bits per heavy atom. The Labute approximate surface area is 220 Å². The summed E-state index contributed by atoms with van der Waals surface area (Å²) in [6.45, 7) is 6.83. The topological polar surface area (TPSA) is 92.7 Å². The molecule has 2 aromatic rings. The first-order chi connectivity index (χ1) is 18.1. The number of carbonyl (C=O) groups is 1. The van der Waals surface area contributed by atoms with E-state index in [0.29, 0.717) is 51.0 Å². The summed E-state index contributed by atoms with van der Waals surface area (Å²) in [5.74, 6) is 1.10. The largest absolute Gasteiger partial charge is 0.490 e. The lowest BCUT2D eigenvalue weighted by Gasteiger charge is -2.19. The van der Waals surface area contributed by atoms with Gasteiger partial charge in [-0.1, -0.05) is 37.6 Å². The van der Waals surface area contributed by atoms with Gasteiger partial charge in [0, 0.05) is 26.2 Å². The summed E-state index contributed by atoms with van der Waals surface area (Å²) in [4.78, 5) is 10.8. The van der Waals surface area contributed by atoms with Crippen molar-refractivity contribution in [1.82, 2.24) is 0 Å². The van der Waals surface area contributed by atoms with Gasteiger partial charge in [0.05, 0.1) is 32.5 Å². The number of methoxy groups -OCH3 is 1. The maximum atomic E-state index is 10.8. The highest BCUT2D eigenvalue weighted by molar-refractivity contribution is 5.79. The fourth-order valence-electron chi connectivity index (χ4n) is 3.42. The summed E-state index contributed by atoms with van der Waals surface area (Å²) in [5.41, 5.74) is 2.04. The highest BCUT2D eigenvalue weighted by atomic mass is 16.7. The van der Waals surface area contributed by atoms with E-state index in [4.69, 9.17) is 33.5 Å². The molecule has 2 aromatic carbocycles. The smallest absolute Gasteiger partial charge is 0.327 e. The summed E-state index contributed by atoms with van der Waals surface area (Å²) in [6, 6.07) is 13.6. The van der Waals surface area contributed by atoms with Crippen molar-refractivity contribution in [3.05, 3.63) is 65.7 Å². The number of benzene rings is 2. The molecule has 0 heterocycles. The van der Waals surface area contributed by atoms with Crippen molar-refractivity contribution < 1.29 is 38.3 Å². The number of aliphatic carboxylic acids is 1. The van der Waals surface area contributed by atoms with Crippen molar-refractivity contribution in [3.8, 4) is 17.2 Å². The molecule has 8 nitrogen and oxygen atoms in total. The van der Waals surface area contributed by atoms with Crippen LogP contribution in [0.25, 0.3) is 0 Å². The van der Waals surface area contributed by atoms with Crippen molar-refractivity contribution in [2.24, 2.45) is 0 Å². The molecule has 8 heteroatoms. The summed E-state index contributed by atoms with van der Waals surface area (Å²) < 4.78 is 33.8. The number of ether oxygens (including phenoxy) is 6. The minimum atomic E-state index is -0.975. The Bertz CT molecular complexity index is 926. The van der Waals surface area contributed by atoms with E-state index in [9.17, 15) is 4.79 Å². The monoisotopic (exact) mass is 516 g/mol. The van der Waals surface area contributed by atoms with Gasteiger partial charge in [0.2, 0.25) is 0 Å². The Morgan fingerprint density at radius 2 is 1.73 bits per heavy atom. The average molecular weight is 517 g/mol. The third-order valence-electron chi connectivity index (χ3n) is 5.39. The van der Waals surface area contributed by atoms with Crippen LogP contribution in [0.4, 0.5) is 0 Å². The van der Waals surface area contributed by atoms with Gasteiger partial charge in [-0.15, -0.1) is 0 Å². The standard InChI is InChI=1S/C29H40O8/c1-4-6-17-35-28-21-24(26(34-5-2)8-7-9-29(30)31)12-15-27(28)36-18-16-23-10-13-25(14-11-23)37-22-33-20-19-32-3/h7,9-15,21,26H,4-6,8,16-20,22H2,1-3H3,(H,30,31). The van der Waals surface area contributed by atoms with E-state index in [-0.39, 0.29) is 12.9 Å². The van der Waals surface area contributed by atoms with Gasteiger partial charge >= 0.3 is 5.97 Å². The highest BCUT2D eigenvalue weighted by Gasteiger charge is 2.15. The molecule has 0 bridgehead atoms. The first-order valence-corrected chi connectivity index (χ1v) is 12.8. The van der Waals surface area contributed by atoms with Crippen molar-refractivity contribution >= 4 is 5.97 Å². The lowest BCUT2D eigenvalue weighted by molar-refractivity contribution is -0.131. The van der Waals surface area contributed by atoms with E-state index in [1.807, 2.05) is 49.4 Å². The molecule has 0 amide bonds. The molecule has 204 valence electrons. The van der Waals surface area contributed by atoms with Crippen LogP contribution in [0.2, 0.25) is 0 Å². The second-order valence-electron chi connectivity index (χ2n) is 8.23. The van der Waals surface area contributed by atoms with E-state index < -0.39 is 5.97 Å². The minimum absolute atomic E-state index is 0.183. The number of hydrogen-bond acceptors (Lipinski definition) is 7. The fourth-order valence-corrected chi connectivity index (χ4v) is 3.42. The van der Waals surface area contributed by atoms with Gasteiger partial charge in [0.25, 0.3) is 0 Å².